The Kier molecular flexibility index (Phi) is 4.67. The topological polar surface area (TPSA) is 76.3 Å². The molecule has 0 aliphatic rings. The smallest absolute Gasteiger partial charge is 0.243 e. The van der Waals surface area contributed by atoms with Gasteiger partial charge in [0.1, 0.15) is 10.8 Å². The first-order valence-electron chi connectivity index (χ1n) is 5.75. The Bertz CT molecular complexity index is 760. The van der Waals surface area contributed by atoms with Crippen LogP contribution in [-0.4, -0.2) is 29.7 Å². The van der Waals surface area contributed by atoms with Crippen molar-refractivity contribution in [3.05, 3.63) is 46.2 Å². The third kappa shape index (κ3) is 3.43. The summed E-state index contributed by atoms with van der Waals surface area (Å²) in [6, 6.07) is 3.37. The summed E-state index contributed by atoms with van der Waals surface area (Å²) in [4.78, 5) is 3.78. The Labute approximate surface area is 131 Å². The van der Waals surface area contributed by atoms with Crippen LogP contribution < -0.4 is 5.73 Å². The number of aromatic nitrogens is 1. The largest absolute Gasteiger partial charge is 0.389 e. The van der Waals surface area contributed by atoms with Gasteiger partial charge in [0.15, 0.2) is 0 Å². The number of nitrogens with two attached hydrogens (primary N) is 1. The molecule has 0 atom stereocenters. The van der Waals surface area contributed by atoms with Crippen molar-refractivity contribution < 1.29 is 12.8 Å². The van der Waals surface area contributed by atoms with Gasteiger partial charge >= 0.3 is 0 Å². The molecule has 2 aromatic rings. The Morgan fingerprint density at radius 3 is 2.81 bits per heavy atom. The lowest BCUT2D eigenvalue weighted by Crippen LogP contribution is -2.27. The molecule has 0 saturated carbocycles. The van der Waals surface area contributed by atoms with Gasteiger partial charge in [-0.2, -0.15) is 4.31 Å². The zero-order valence-electron chi connectivity index (χ0n) is 11.0. The fourth-order valence-corrected chi connectivity index (χ4v) is 3.54. The van der Waals surface area contributed by atoms with Gasteiger partial charge in [-0.05, 0) is 18.2 Å². The van der Waals surface area contributed by atoms with E-state index in [1.807, 2.05) is 0 Å². The molecule has 0 aliphatic heterocycles. The number of rotatable bonds is 5. The van der Waals surface area contributed by atoms with Gasteiger partial charge in [-0.15, -0.1) is 11.3 Å². The van der Waals surface area contributed by atoms with Crippen LogP contribution in [0.15, 0.2) is 34.0 Å². The van der Waals surface area contributed by atoms with E-state index in [1.54, 1.807) is 10.9 Å². The molecule has 9 heteroatoms. The first kappa shape index (κ1) is 16.0. The summed E-state index contributed by atoms with van der Waals surface area (Å²) in [6.45, 7) is 0.131. The van der Waals surface area contributed by atoms with Crippen molar-refractivity contribution in [1.29, 1.82) is 0 Å². The number of hydrogen-bond acceptors (Lipinski definition) is 5. The van der Waals surface area contributed by atoms with E-state index >= 15 is 0 Å². The molecule has 0 amide bonds. The van der Waals surface area contributed by atoms with E-state index in [1.165, 1.54) is 24.5 Å². The summed E-state index contributed by atoms with van der Waals surface area (Å²) >= 11 is 6.09. The van der Waals surface area contributed by atoms with Crippen molar-refractivity contribution in [2.75, 3.05) is 7.05 Å². The molecule has 0 bridgehead atoms. The maximum atomic E-state index is 13.5. The Balaban J connectivity index is 2.35. The quantitative estimate of drug-likeness (QED) is 0.835. The molecule has 2 N–H and O–H groups in total. The molecule has 0 saturated heterocycles. The molecule has 0 fully saturated rings. The molecule has 1 aromatic heterocycles. The Morgan fingerprint density at radius 1 is 1.52 bits per heavy atom. The van der Waals surface area contributed by atoms with Crippen LogP contribution in [0.3, 0.4) is 0 Å². The van der Waals surface area contributed by atoms with Crippen LogP contribution >= 0.6 is 23.6 Å². The molecule has 0 unspecified atom stereocenters. The molecule has 1 heterocycles. The van der Waals surface area contributed by atoms with Gasteiger partial charge in [-0.1, -0.05) is 12.2 Å². The number of thiazole rings is 1. The van der Waals surface area contributed by atoms with E-state index in [4.69, 9.17) is 18.0 Å². The van der Waals surface area contributed by atoms with Gasteiger partial charge in [-0.3, -0.25) is 0 Å². The second kappa shape index (κ2) is 6.14. The zero-order valence-corrected chi connectivity index (χ0v) is 13.4. The first-order valence-corrected chi connectivity index (χ1v) is 8.54. The SMILES string of the molecule is CN(Cc1cscn1)S(=O)(=O)c1ccc(F)c(C(N)=S)c1. The standard InChI is InChI=1S/C12H12FN3O2S3/c1-16(5-8-6-20-7-15-8)21(17,18)9-2-3-11(13)10(4-9)12(14)19/h2-4,6-7H,5H2,1H3,(H2,14,19). The van der Waals surface area contributed by atoms with E-state index in [-0.39, 0.29) is 22.0 Å². The highest BCUT2D eigenvalue weighted by Gasteiger charge is 2.23. The van der Waals surface area contributed by atoms with Gasteiger partial charge in [-0.25, -0.2) is 17.8 Å². The predicted octanol–water partition coefficient (Wildman–Crippen LogP) is 1.74. The number of benzene rings is 1. The van der Waals surface area contributed by atoms with Gasteiger partial charge in [0.25, 0.3) is 0 Å². The van der Waals surface area contributed by atoms with Crippen molar-refractivity contribution in [3.63, 3.8) is 0 Å². The second-order valence-corrected chi connectivity index (χ2v) is 7.45. The zero-order chi connectivity index (χ0) is 15.6. The lowest BCUT2D eigenvalue weighted by molar-refractivity contribution is 0.463. The number of thiocarbonyl (C=S) groups is 1. The fourth-order valence-electron chi connectivity index (χ4n) is 1.66. The van der Waals surface area contributed by atoms with Gasteiger partial charge in [0.05, 0.1) is 22.6 Å². The summed E-state index contributed by atoms with van der Waals surface area (Å²) in [5.74, 6) is -0.649. The van der Waals surface area contributed by atoms with Crippen molar-refractivity contribution >= 4 is 38.6 Å². The van der Waals surface area contributed by atoms with Crippen LogP contribution in [0.1, 0.15) is 11.3 Å². The van der Waals surface area contributed by atoms with Crippen molar-refractivity contribution in [1.82, 2.24) is 9.29 Å². The second-order valence-electron chi connectivity index (χ2n) is 4.25. The fraction of sp³-hybridized carbons (Fsp3) is 0.167. The molecular formula is C12H12FN3O2S3. The van der Waals surface area contributed by atoms with Crippen molar-refractivity contribution in [3.8, 4) is 0 Å². The van der Waals surface area contributed by atoms with E-state index in [0.29, 0.717) is 5.69 Å². The van der Waals surface area contributed by atoms with Crippen LogP contribution in [0, 0.1) is 5.82 Å². The monoisotopic (exact) mass is 345 g/mol. The number of hydrogen-bond donors (Lipinski definition) is 1. The van der Waals surface area contributed by atoms with Crippen molar-refractivity contribution in [2.24, 2.45) is 5.73 Å². The lowest BCUT2D eigenvalue weighted by Gasteiger charge is -2.16. The van der Waals surface area contributed by atoms with Crippen LogP contribution in [0.2, 0.25) is 0 Å². The number of nitrogens with zero attached hydrogens (tertiary/aromatic N) is 2. The minimum absolute atomic E-state index is 0.0653. The maximum absolute atomic E-state index is 13.5. The maximum Gasteiger partial charge on any atom is 0.243 e. The molecule has 1 aromatic carbocycles. The number of halogens is 1. The highest BCUT2D eigenvalue weighted by Crippen LogP contribution is 2.20. The molecule has 0 spiro atoms. The van der Waals surface area contributed by atoms with Crippen LogP contribution in [-0.2, 0) is 16.6 Å². The first-order chi connectivity index (χ1) is 9.82. The molecule has 21 heavy (non-hydrogen) atoms. The lowest BCUT2D eigenvalue weighted by atomic mass is 10.2. The van der Waals surface area contributed by atoms with Crippen LogP contribution in [0.25, 0.3) is 0 Å². The third-order valence-electron chi connectivity index (χ3n) is 2.78. The molecule has 5 nitrogen and oxygen atoms in total. The van der Waals surface area contributed by atoms with Crippen LogP contribution in [0.4, 0.5) is 4.39 Å². The summed E-state index contributed by atoms with van der Waals surface area (Å²) in [5.41, 5.74) is 7.56. The minimum atomic E-state index is -3.77. The molecule has 2 rings (SSSR count). The molecule has 112 valence electrons. The highest BCUT2D eigenvalue weighted by molar-refractivity contribution is 7.89. The highest BCUT2D eigenvalue weighted by atomic mass is 32.2. The van der Waals surface area contributed by atoms with Crippen LogP contribution in [0.5, 0.6) is 0 Å². The van der Waals surface area contributed by atoms with E-state index in [0.717, 1.165) is 16.4 Å². The molecule has 0 radical (unpaired) electrons. The number of sulfonamides is 1. The van der Waals surface area contributed by atoms with E-state index in [2.05, 4.69) is 4.98 Å². The Hall–Kier alpha value is -1.42. The predicted molar refractivity (Wildman–Crippen MR) is 83.1 cm³/mol. The van der Waals surface area contributed by atoms with Gasteiger partial charge in [0.2, 0.25) is 10.0 Å². The normalized spacial score (nSPS) is 11.8. The van der Waals surface area contributed by atoms with E-state index < -0.39 is 15.8 Å². The average molecular weight is 345 g/mol. The van der Waals surface area contributed by atoms with E-state index in [9.17, 15) is 12.8 Å². The molecular weight excluding hydrogens is 333 g/mol. The van der Waals surface area contributed by atoms with Gasteiger partial charge in [0, 0.05) is 18.0 Å². The summed E-state index contributed by atoms with van der Waals surface area (Å²) in [7, 11) is -2.34. The van der Waals surface area contributed by atoms with Crippen molar-refractivity contribution in [2.45, 2.75) is 11.4 Å². The third-order valence-corrected chi connectivity index (χ3v) is 5.43. The van der Waals surface area contributed by atoms with Gasteiger partial charge < -0.3 is 5.73 Å². The summed E-state index contributed by atoms with van der Waals surface area (Å²) in [5, 5.41) is 1.76. The minimum Gasteiger partial charge on any atom is -0.389 e. The Morgan fingerprint density at radius 2 is 2.24 bits per heavy atom. The summed E-state index contributed by atoms with van der Waals surface area (Å²) < 4.78 is 39.5. The molecule has 0 aliphatic carbocycles. The average Bonchev–Trinajstić information content (AvgIpc) is 2.91. The summed E-state index contributed by atoms with van der Waals surface area (Å²) in [6.07, 6.45) is 0.